The summed E-state index contributed by atoms with van der Waals surface area (Å²) in [6.45, 7) is 2.24. The molecule has 3 N–H and O–H groups in total. The van der Waals surface area contributed by atoms with Gasteiger partial charge in [0.15, 0.2) is 15.7 Å². The number of sulfone groups is 1. The van der Waals surface area contributed by atoms with E-state index in [9.17, 15) is 8.42 Å². The first-order valence-electron chi connectivity index (χ1n) is 6.50. The van der Waals surface area contributed by atoms with Crippen LogP contribution in [-0.2, 0) is 9.84 Å². The smallest absolute Gasteiger partial charge is 0.188 e. The molecule has 0 bridgehead atoms. The van der Waals surface area contributed by atoms with Gasteiger partial charge in [-0.3, -0.25) is 0 Å². The number of rotatable bonds is 4. The van der Waals surface area contributed by atoms with Gasteiger partial charge in [-0.25, -0.2) is 13.4 Å². The largest absolute Gasteiger partial charge is 0.409 e. The molecule has 1 unspecified atom stereocenters. The third-order valence-electron chi connectivity index (χ3n) is 3.30. The predicted molar refractivity (Wildman–Crippen MR) is 84.7 cm³/mol. The van der Waals surface area contributed by atoms with Crippen molar-refractivity contribution in [3.8, 4) is 0 Å². The molecule has 2 rings (SSSR count). The Labute approximate surface area is 128 Å². The molecule has 1 aromatic rings. The Morgan fingerprint density at radius 3 is 3.05 bits per heavy atom. The summed E-state index contributed by atoms with van der Waals surface area (Å²) in [5, 5.41) is 11.1. The van der Waals surface area contributed by atoms with Gasteiger partial charge in [-0.05, 0) is 12.1 Å². The zero-order valence-electron chi connectivity index (χ0n) is 11.6. The van der Waals surface area contributed by atoms with E-state index in [1.807, 2.05) is 0 Å². The van der Waals surface area contributed by atoms with Crippen molar-refractivity contribution in [3.63, 3.8) is 0 Å². The lowest BCUT2D eigenvalue weighted by atomic mass is 10.3. The molecular formula is C12H18N4O3S2. The number of amidine groups is 1. The maximum Gasteiger partial charge on any atom is 0.188 e. The highest BCUT2D eigenvalue weighted by atomic mass is 32.2. The Kier molecular flexibility index (Phi) is 4.94. The van der Waals surface area contributed by atoms with Gasteiger partial charge in [0.05, 0.1) is 0 Å². The highest BCUT2D eigenvalue weighted by molar-refractivity contribution is 8.01. The molecule has 0 radical (unpaired) electrons. The van der Waals surface area contributed by atoms with Crippen LogP contribution in [0, 0.1) is 0 Å². The van der Waals surface area contributed by atoms with Crippen LogP contribution >= 0.6 is 11.8 Å². The van der Waals surface area contributed by atoms with Crippen LogP contribution in [0.3, 0.4) is 0 Å². The monoisotopic (exact) mass is 330 g/mol. The average Bonchev–Trinajstić information content (AvgIpc) is 2.54. The third kappa shape index (κ3) is 3.41. The lowest BCUT2D eigenvalue weighted by molar-refractivity contribution is 0.318. The SMILES string of the molecule is CCS(=O)(=O)C1CSCCN1c1cccc(C(N)=NO)n1. The first kappa shape index (κ1) is 15.9. The molecule has 21 heavy (non-hydrogen) atoms. The molecule has 0 saturated carbocycles. The fourth-order valence-corrected chi connectivity index (χ4v) is 5.09. The molecule has 116 valence electrons. The lowest BCUT2D eigenvalue weighted by Crippen LogP contribution is -2.48. The van der Waals surface area contributed by atoms with Gasteiger partial charge in [-0.15, -0.1) is 0 Å². The number of hydrogen-bond acceptors (Lipinski definition) is 7. The van der Waals surface area contributed by atoms with Crippen molar-refractivity contribution < 1.29 is 13.6 Å². The van der Waals surface area contributed by atoms with Crippen LogP contribution in [0.25, 0.3) is 0 Å². The van der Waals surface area contributed by atoms with Crippen molar-refractivity contribution in [3.05, 3.63) is 23.9 Å². The Morgan fingerprint density at radius 2 is 2.38 bits per heavy atom. The molecule has 0 aliphatic carbocycles. The van der Waals surface area contributed by atoms with Crippen molar-refractivity contribution in [2.45, 2.75) is 12.3 Å². The number of pyridine rings is 1. The van der Waals surface area contributed by atoms with E-state index in [1.165, 1.54) is 0 Å². The van der Waals surface area contributed by atoms with Crippen LogP contribution < -0.4 is 10.6 Å². The molecule has 1 atom stereocenters. The van der Waals surface area contributed by atoms with E-state index in [0.29, 0.717) is 23.8 Å². The first-order chi connectivity index (χ1) is 9.99. The van der Waals surface area contributed by atoms with Gasteiger partial charge >= 0.3 is 0 Å². The molecule has 0 aromatic carbocycles. The summed E-state index contributed by atoms with van der Waals surface area (Å²) in [5.41, 5.74) is 5.86. The van der Waals surface area contributed by atoms with Crippen molar-refractivity contribution in [2.75, 3.05) is 28.7 Å². The molecule has 7 nitrogen and oxygen atoms in total. The number of anilines is 1. The summed E-state index contributed by atoms with van der Waals surface area (Å²) in [6, 6.07) is 5.07. The Morgan fingerprint density at radius 1 is 1.62 bits per heavy atom. The second-order valence-corrected chi connectivity index (χ2v) is 8.14. The van der Waals surface area contributed by atoms with Gasteiger partial charge in [-0.2, -0.15) is 11.8 Å². The molecule has 9 heteroatoms. The lowest BCUT2D eigenvalue weighted by Gasteiger charge is -2.35. The summed E-state index contributed by atoms with van der Waals surface area (Å²) in [5.74, 6) is 1.88. The predicted octanol–water partition coefficient (Wildman–Crippen LogP) is 0.490. The molecular weight excluding hydrogens is 312 g/mol. The van der Waals surface area contributed by atoms with E-state index in [-0.39, 0.29) is 11.6 Å². The van der Waals surface area contributed by atoms with Crippen LogP contribution in [0.2, 0.25) is 0 Å². The zero-order chi connectivity index (χ0) is 15.5. The van der Waals surface area contributed by atoms with Crippen molar-refractivity contribution in [1.82, 2.24) is 4.98 Å². The summed E-state index contributed by atoms with van der Waals surface area (Å²) in [6.07, 6.45) is 0. The third-order valence-corrected chi connectivity index (χ3v) is 6.59. The quantitative estimate of drug-likeness (QED) is 0.358. The van der Waals surface area contributed by atoms with E-state index in [1.54, 1.807) is 41.8 Å². The van der Waals surface area contributed by atoms with Gasteiger partial charge in [0, 0.05) is 23.8 Å². The van der Waals surface area contributed by atoms with E-state index in [4.69, 9.17) is 10.9 Å². The zero-order valence-corrected chi connectivity index (χ0v) is 13.3. The molecule has 1 aromatic heterocycles. The molecule has 0 spiro atoms. The van der Waals surface area contributed by atoms with Crippen molar-refractivity contribution in [2.24, 2.45) is 10.9 Å². The van der Waals surface area contributed by atoms with Crippen molar-refractivity contribution >= 4 is 33.3 Å². The molecule has 0 amide bonds. The number of aromatic nitrogens is 1. The molecule has 1 fully saturated rings. The fourth-order valence-electron chi connectivity index (χ4n) is 2.11. The molecule has 1 saturated heterocycles. The number of hydrogen-bond donors (Lipinski definition) is 2. The van der Waals surface area contributed by atoms with Crippen LogP contribution in [0.5, 0.6) is 0 Å². The summed E-state index contributed by atoms with van der Waals surface area (Å²) >= 11 is 1.62. The molecule has 2 heterocycles. The topological polar surface area (TPSA) is 109 Å². The standard InChI is InChI=1S/C12H18N4O3S2/c1-2-21(18,19)11-8-20-7-6-16(11)10-5-3-4-9(14-10)12(13)15-17/h3-5,11,17H,2,6-8H2,1H3,(H2,13,15). The second-order valence-electron chi connectivity index (χ2n) is 4.54. The summed E-state index contributed by atoms with van der Waals surface area (Å²) in [4.78, 5) is 6.08. The maximum atomic E-state index is 12.2. The van der Waals surface area contributed by atoms with Crippen LogP contribution in [0.4, 0.5) is 5.82 Å². The van der Waals surface area contributed by atoms with E-state index >= 15 is 0 Å². The highest BCUT2D eigenvalue weighted by Gasteiger charge is 2.33. The van der Waals surface area contributed by atoms with Crippen LogP contribution in [-0.4, -0.2) is 53.6 Å². The number of nitrogens with two attached hydrogens (primary N) is 1. The number of oxime groups is 1. The minimum absolute atomic E-state index is 0.0919. The normalized spacial score (nSPS) is 20.5. The minimum atomic E-state index is -3.20. The second kappa shape index (κ2) is 6.52. The van der Waals surface area contributed by atoms with Gasteiger partial charge in [0.1, 0.15) is 16.9 Å². The maximum absolute atomic E-state index is 12.2. The van der Waals surface area contributed by atoms with Crippen LogP contribution in [0.15, 0.2) is 23.4 Å². The van der Waals surface area contributed by atoms with Gasteiger partial charge < -0.3 is 15.8 Å². The Bertz CT molecular complexity index is 633. The van der Waals surface area contributed by atoms with Crippen molar-refractivity contribution in [1.29, 1.82) is 0 Å². The molecule has 1 aliphatic heterocycles. The van der Waals surface area contributed by atoms with E-state index in [2.05, 4.69) is 10.1 Å². The highest BCUT2D eigenvalue weighted by Crippen LogP contribution is 2.26. The Balaban J connectivity index is 2.38. The van der Waals surface area contributed by atoms with E-state index in [0.717, 1.165) is 5.75 Å². The summed E-state index contributed by atoms with van der Waals surface area (Å²) < 4.78 is 24.5. The number of nitrogens with zero attached hydrogens (tertiary/aromatic N) is 3. The number of thioether (sulfide) groups is 1. The van der Waals surface area contributed by atoms with Gasteiger partial charge in [0.25, 0.3) is 0 Å². The van der Waals surface area contributed by atoms with E-state index < -0.39 is 15.2 Å². The average molecular weight is 330 g/mol. The van der Waals surface area contributed by atoms with Crippen LogP contribution in [0.1, 0.15) is 12.6 Å². The first-order valence-corrected chi connectivity index (χ1v) is 9.37. The Hall–Kier alpha value is -1.48. The molecule has 1 aliphatic rings. The summed E-state index contributed by atoms with van der Waals surface area (Å²) in [7, 11) is -3.20. The minimum Gasteiger partial charge on any atom is -0.409 e. The van der Waals surface area contributed by atoms with Gasteiger partial charge in [-0.1, -0.05) is 18.1 Å². The van der Waals surface area contributed by atoms with Gasteiger partial charge in [0.2, 0.25) is 0 Å². The fraction of sp³-hybridized carbons (Fsp3) is 0.500.